The maximum absolute atomic E-state index is 6.10. The maximum atomic E-state index is 6.10. The number of fused-ring (bicyclic) bond motifs is 1. The van der Waals surface area contributed by atoms with Gasteiger partial charge in [0.25, 0.3) is 0 Å². The third-order valence-corrected chi connectivity index (χ3v) is 2.83. The highest BCUT2D eigenvalue weighted by atomic mass is 16.5. The molecule has 2 nitrogen and oxygen atoms in total. The van der Waals surface area contributed by atoms with E-state index in [0.29, 0.717) is 6.10 Å². The van der Waals surface area contributed by atoms with E-state index in [1.807, 2.05) is 6.07 Å². The first-order valence-electron chi connectivity index (χ1n) is 5.23. The molecule has 1 heterocycles. The van der Waals surface area contributed by atoms with Crippen LogP contribution in [-0.2, 0) is 0 Å². The summed E-state index contributed by atoms with van der Waals surface area (Å²) in [5.74, 6) is 0.973. The molecule has 2 rings (SSSR count). The van der Waals surface area contributed by atoms with Crippen LogP contribution in [0.15, 0.2) is 18.2 Å². The van der Waals surface area contributed by atoms with Crippen molar-refractivity contribution >= 4 is 0 Å². The summed E-state index contributed by atoms with van der Waals surface area (Å²) in [7, 11) is 0. The second-order valence-electron chi connectivity index (χ2n) is 4.03. The Kier molecular flexibility index (Phi) is 2.46. The molecule has 0 fully saturated rings. The monoisotopic (exact) mass is 191 g/mol. The van der Waals surface area contributed by atoms with Gasteiger partial charge in [0, 0.05) is 18.0 Å². The van der Waals surface area contributed by atoms with Crippen LogP contribution >= 0.6 is 0 Å². The summed E-state index contributed by atoms with van der Waals surface area (Å²) in [5, 5.41) is 0. The molecule has 1 aliphatic rings. The molecule has 1 unspecified atom stereocenters. The molecular weight excluding hydrogens is 174 g/mol. The smallest absolute Gasteiger partial charge is 0.124 e. The van der Waals surface area contributed by atoms with Gasteiger partial charge < -0.3 is 10.5 Å². The van der Waals surface area contributed by atoms with Gasteiger partial charge >= 0.3 is 0 Å². The Labute approximate surface area is 85.1 Å². The van der Waals surface area contributed by atoms with E-state index in [2.05, 4.69) is 26.0 Å². The Bertz CT molecular complexity index is 335. The minimum absolute atomic E-state index is 0.142. The summed E-state index contributed by atoms with van der Waals surface area (Å²) in [6, 6.07) is 6.38. The highest BCUT2D eigenvalue weighted by molar-refractivity contribution is 5.40. The molecule has 2 N–H and O–H groups in total. The van der Waals surface area contributed by atoms with Crippen molar-refractivity contribution in [3.8, 4) is 5.75 Å². The molecule has 1 aromatic rings. The van der Waals surface area contributed by atoms with Crippen molar-refractivity contribution in [2.75, 3.05) is 0 Å². The van der Waals surface area contributed by atoms with E-state index in [9.17, 15) is 0 Å². The molecule has 0 aromatic heterocycles. The molecule has 0 bridgehead atoms. The first kappa shape index (κ1) is 9.53. The molecule has 0 radical (unpaired) electrons. The van der Waals surface area contributed by atoms with Crippen molar-refractivity contribution in [3.05, 3.63) is 29.3 Å². The van der Waals surface area contributed by atoms with E-state index in [1.165, 1.54) is 5.56 Å². The second kappa shape index (κ2) is 3.62. The van der Waals surface area contributed by atoms with Crippen LogP contribution in [0.2, 0.25) is 0 Å². The summed E-state index contributed by atoms with van der Waals surface area (Å²) >= 11 is 0. The number of hydrogen-bond donors (Lipinski definition) is 1. The normalized spacial score (nSPS) is 25.4. The van der Waals surface area contributed by atoms with Crippen LogP contribution in [0.25, 0.3) is 0 Å². The van der Waals surface area contributed by atoms with Crippen LogP contribution in [0.3, 0.4) is 0 Å². The van der Waals surface area contributed by atoms with Crippen molar-refractivity contribution in [1.29, 1.82) is 0 Å². The van der Waals surface area contributed by atoms with Crippen molar-refractivity contribution in [3.63, 3.8) is 0 Å². The van der Waals surface area contributed by atoms with Gasteiger partial charge in [-0.3, -0.25) is 0 Å². The third-order valence-electron chi connectivity index (χ3n) is 2.83. The van der Waals surface area contributed by atoms with E-state index in [0.717, 1.165) is 24.2 Å². The summed E-state index contributed by atoms with van der Waals surface area (Å²) in [6.45, 7) is 4.22. The lowest BCUT2D eigenvalue weighted by Crippen LogP contribution is -2.28. The van der Waals surface area contributed by atoms with Crippen LogP contribution in [0, 0.1) is 6.92 Å². The molecule has 76 valence electrons. The summed E-state index contributed by atoms with van der Waals surface area (Å²) in [6.07, 6.45) is 2.26. The first-order chi connectivity index (χ1) is 6.70. The fourth-order valence-electron chi connectivity index (χ4n) is 1.95. The minimum atomic E-state index is 0.142. The lowest BCUT2D eigenvalue weighted by Gasteiger charge is -2.29. The van der Waals surface area contributed by atoms with Gasteiger partial charge in [-0.05, 0) is 19.4 Å². The van der Waals surface area contributed by atoms with E-state index in [-0.39, 0.29) is 6.04 Å². The average Bonchev–Trinajstić information content (AvgIpc) is 2.19. The van der Waals surface area contributed by atoms with Crippen LogP contribution in [0.1, 0.15) is 36.9 Å². The van der Waals surface area contributed by atoms with E-state index < -0.39 is 0 Å². The summed E-state index contributed by atoms with van der Waals surface area (Å²) < 4.78 is 5.83. The Hall–Kier alpha value is -1.02. The average molecular weight is 191 g/mol. The predicted octanol–water partition coefficient (Wildman–Crippen LogP) is 2.56. The maximum Gasteiger partial charge on any atom is 0.124 e. The van der Waals surface area contributed by atoms with Gasteiger partial charge in [0.05, 0.1) is 0 Å². The molecule has 1 aromatic carbocycles. The number of nitrogens with two attached hydrogens (primary N) is 1. The topological polar surface area (TPSA) is 35.2 Å². The van der Waals surface area contributed by atoms with Gasteiger partial charge in [0.1, 0.15) is 11.9 Å². The zero-order valence-electron chi connectivity index (χ0n) is 8.79. The lowest BCUT2D eigenvalue weighted by atomic mass is 9.95. The van der Waals surface area contributed by atoms with Crippen molar-refractivity contribution in [1.82, 2.24) is 0 Å². The third kappa shape index (κ3) is 1.62. The Balaban J connectivity index is 2.35. The standard InChI is InChI=1S/C12H17NO/c1-3-9-7-11(13)10-6-8(2)4-5-12(10)14-9/h4-6,9,11H,3,7,13H2,1-2H3/t9?,11-/m1/s1. The predicted molar refractivity (Wildman–Crippen MR) is 57.4 cm³/mol. The van der Waals surface area contributed by atoms with Gasteiger partial charge in [0.2, 0.25) is 0 Å². The Morgan fingerprint density at radius 1 is 1.50 bits per heavy atom. The molecule has 0 spiro atoms. The highest BCUT2D eigenvalue weighted by Crippen LogP contribution is 2.34. The summed E-state index contributed by atoms with van der Waals surface area (Å²) in [5.41, 5.74) is 8.51. The molecule has 0 aliphatic carbocycles. The van der Waals surface area contributed by atoms with E-state index in [4.69, 9.17) is 10.5 Å². The molecular formula is C12H17NO. The molecule has 0 saturated carbocycles. The lowest BCUT2D eigenvalue weighted by molar-refractivity contribution is 0.155. The van der Waals surface area contributed by atoms with Crippen molar-refractivity contribution in [2.24, 2.45) is 5.73 Å². The van der Waals surface area contributed by atoms with E-state index >= 15 is 0 Å². The van der Waals surface area contributed by atoms with Gasteiger partial charge in [-0.15, -0.1) is 0 Å². The highest BCUT2D eigenvalue weighted by Gasteiger charge is 2.24. The van der Waals surface area contributed by atoms with Gasteiger partial charge in [-0.25, -0.2) is 0 Å². The largest absolute Gasteiger partial charge is 0.490 e. The number of aryl methyl sites for hydroxylation is 1. The van der Waals surface area contributed by atoms with Crippen LogP contribution in [0.4, 0.5) is 0 Å². The van der Waals surface area contributed by atoms with Gasteiger partial charge in [-0.1, -0.05) is 24.6 Å². The fraction of sp³-hybridized carbons (Fsp3) is 0.500. The molecule has 0 amide bonds. The van der Waals surface area contributed by atoms with Crippen LogP contribution < -0.4 is 10.5 Å². The number of benzene rings is 1. The fourth-order valence-corrected chi connectivity index (χ4v) is 1.95. The Morgan fingerprint density at radius 3 is 3.00 bits per heavy atom. The van der Waals surface area contributed by atoms with Gasteiger partial charge in [0.15, 0.2) is 0 Å². The number of rotatable bonds is 1. The zero-order chi connectivity index (χ0) is 10.1. The second-order valence-corrected chi connectivity index (χ2v) is 4.03. The molecule has 14 heavy (non-hydrogen) atoms. The van der Waals surface area contributed by atoms with Crippen molar-refractivity contribution in [2.45, 2.75) is 38.8 Å². The van der Waals surface area contributed by atoms with Crippen LogP contribution in [0.5, 0.6) is 5.75 Å². The SMILES string of the molecule is CCC1C[C@@H](N)c2cc(C)ccc2O1. The first-order valence-corrected chi connectivity index (χ1v) is 5.23. The number of hydrogen-bond acceptors (Lipinski definition) is 2. The van der Waals surface area contributed by atoms with Crippen LogP contribution in [-0.4, -0.2) is 6.10 Å². The quantitative estimate of drug-likeness (QED) is 0.740. The minimum Gasteiger partial charge on any atom is -0.490 e. The zero-order valence-corrected chi connectivity index (χ0v) is 8.79. The molecule has 2 atom stereocenters. The van der Waals surface area contributed by atoms with Gasteiger partial charge in [-0.2, -0.15) is 0 Å². The summed E-state index contributed by atoms with van der Waals surface area (Å²) in [4.78, 5) is 0. The molecule has 2 heteroatoms. The van der Waals surface area contributed by atoms with Crippen molar-refractivity contribution < 1.29 is 4.74 Å². The van der Waals surface area contributed by atoms with E-state index in [1.54, 1.807) is 0 Å². The number of ether oxygens (including phenoxy) is 1. The molecule has 1 aliphatic heterocycles. The molecule has 0 saturated heterocycles. The Morgan fingerprint density at radius 2 is 2.29 bits per heavy atom.